The van der Waals surface area contributed by atoms with Crippen molar-refractivity contribution in [1.29, 1.82) is 0 Å². The third-order valence-corrected chi connectivity index (χ3v) is 1.48. The number of nitrogens with one attached hydrogen (secondary N) is 1. The van der Waals surface area contributed by atoms with Gasteiger partial charge in [-0.1, -0.05) is 0 Å². The van der Waals surface area contributed by atoms with E-state index in [1.54, 1.807) is 18.3 Å². The molecule has 0 radical (unpaired) electrons. The Morgan fingerprint density at radius 3 is 3.10 bits per heavy atom. The minimum Gasteiger partial charge on any atom is -0.618 e. The van der Waals surface area contributed by atoms with E-state index in [-0.39, 0.29) is 0 Å². The number of hydrogen-bond acceptors (Lipinski definition) is 1. The first kappa shape index (κ1) is 5.29. The van der Waals surface area contributed by atoms with E-state index in [2.05, 4.69) is 4.98 Å². The Morgan fingerprint density at radius 1 is 1.40 bits per heavy atom. The smallest absolute Gasteiger partial charge is 0.241 e. The Bertz CT molecular complexity index is 353. The van der Waals surface area contributed by atoms with E-state index < -0.39 is 0 Å². The maximum atomic E-state index is 10.9. The van der Waals surface area contributed by atoms with Gasteiger partial charge in [0, 0.05) is 18.3 Å². The van der Waals surface area contributed by atoms with Crippen molar-refractivity contribution in [2.24, 2.45) is 0 Å². The van der Waals surface area contributed by atoms with Crippen molar-refractivity contribution < 1.29 is 4.73 Å². The molecule has 0 aliphatic carbocycles. The lowest BCUT2D eigenvalue weighted by Gasteiger charge is -1.93. The fourth-order valence-electron chi connectivity index (χ4n) is 0.998. The molecule has 0 amide bonds. The van der Waals surface area contributed by atoms with Crippen LogP contribution in [0.2, 0.25) is 0 Å². The van der Waals surface area contributed by atoms with Crippen LogP contribution in [0.1, 0.15) is 0 Å². The fourth-order valence-corrected chi connectivity index (χ4v) is 0.998. The first-order valence-electron chi connectivity index (χ1n) is 3.03. The molecule has 0 bridgehead atoms. The molecule has 2 rings (SSSR count). The van der Waals surface area contributed by atoms with Crippen LogP contribution in [0.15, 0.2) is 30.6 Å². The van der Waals surface area contributed by atoms with Gasteiger partial charge in [-0.3, -0.25) is 0 Å². The van der Waals surface area contributed by atoms with Crippen LogP contribution in [0, 0.1) is 5.21 Å². The Hall–Kier alpha value is -1.51. The molecule has 3 heteroatoms. The van der Waals surface area contributed by atoms with E-state index in [9.17, 15) is 5.21 Å². The minimum atomic E-state index is 0.683. The van der Waals surface area contributed by atoms with Crippen LogP contribution in [0.25, 0.3) is 11.0 Å². The summed E-state index contributed by atoms with van der Waals surface area (Å²) in [5.74, 6) is 0. The molecule has 0 unspecified atom stereocenters. The van der Waals surface area contributed by atoms with Crippen LogP contribution in [-0.4, -0.2) is 4.98 Å². The van der Waals surface area contributed by atoms with Gasteiger partial charge in [-0.2, -0.15) is 4.73 Å². The lowest BCUT2D eigenvalue weighted by molar-refractivity contribution is -0.576. The number of aromatic nitrogens is 2. The third-order valence-electron chi connectivity index (χ3n) is 1.48. The van der Waals surface area contributed by atoms with Gasteiger partial charge in [0.05, 0.1) is 0 Å². The lowest BCUT2D eigenvalue weighted by Crippen LogP contribution is -2.24. The summed E-state index contributed by atoms with van der Waals surface area (Å²) < 4.78 is 0.839. The highest BCUT2D eigenvalue weighted by Crippen LogP contribution is 2.03. The Balaban J connectivity index is 2.95. The van der Waals surface area contributed by atoms with E-state index >= 15 is 0 Å². The highest BCUT2D eigenvalue weighted by atomic mass is 16.5. The molecule has 0 aliphatic heterocycles. The van der Waals surface area contributed by atoms with Crippen LogP contribution in [-0.2, 0) is 0 Å². The number of H-pyrrole nitrogens is 1. The molecule has 0 atom stereocenters. The van der Waals surface area contributed by atoms with Gasteiger partial charge in [0.15, 0.2) is 6.20 Å². The Kier molecular flexibility index (Phi) is 0.917. The van der Waals surface area contributed by atoms with Crippen molar-refractivity contribution >= 4 is 11.0 Å². The summed E-state index contributed by atoms with van der Waals surface area (Å²) in [5, 5.41) is 10.9. The summed E-state index contributed by atoms with van der Waals surface area (Å²) in [6, 6.07) is 5.33. The molecule has 0 spiro atoms. The van der Waals surface area contributed by atoms with Gasteiger partial charge in [-0.15, -0.1) is 0 Å². The van der Waals surface area contributed by atoms with Crippen molar-refractivity contribution in [3.05, 3.63) is 35.8 Å². The van der Waals surface area contributed by atoms with Gasteiger partial charge in [0.1, 0.15) is 5.52 Å². The average molecular weight is 134 g/mol. The zero-order valence-corrected chi connectivity index (χ0v) is 5.24. The van der Waals surface area contributed by atoms with Crippen LogP contribution in [0.3, 0.4) is 0 Å². The zero-order chi connectivity index (χ0) is 6.97. The van der Waals surface area contributed by atoms with Gasteiger partial charge in [-0.05, 0) is 6.07 Å². The number of nitrogens with zero attached hydrogens (tertiary/aromatic N) is 1. The molecular weight excluding hydrogens is 128 g/mol. The van der Waals surface area contributed by atoms with Gasteiger partial charge >= 0.3 is 0 Å². The van der Waals surface area contributed by atoms with Crippen LogP contribution in [0.5, 0.6) is 0 Å². The van der Waals surface area contributed by atoms with Crippen LogP contribution >= 0.6 is 0 Å². The van der Waals surface area contributed by atoms with Crippen molar-refractivity contribution in [1.82, 2.24) is 4.98 Å². The Morgan fingerprint density at radius 2 is 2.30 bits per heavy atom. The summed E-state index contributed by atoms with van der Waals surface area (Å²) in [6.07, 6.45) is 3.23. The molecule has 0 saturated heterocycles. The molecule has 0 fully saturated rings. The number of aromatic amines is 1. The van der Waals surface area contributed by atoms with Crippen molar-refractivity contribution in [3.63, 3.8) is 0 Å². The highest BCUT2D eigenvalue weighted by Gasteiger charge is 1.99. The molecule has 1 N–H and O–H groups in total. The summed E-state index contributed by atoms with van der Waals surface area (Å²) >= 11 is 0. The van der Waals surface area contributed by atoms with E-state index in [1.807, 2.05) is 6.07 Å². The number of fused-ring (bicyclic) bond motifs is 1. The normalized spacial score (nSPS) is 10.4. The summed E-state index contributed by atoms with van der Waals surface area (Å²) in [6.45, 7) is 0. The number of rotatable bonds is 0. The molecule has 2 aromatic rings. The van der Waals surface area contributed by atoms with Crippen LogP contribution in [0.4, 0.5) is 0 Å². The van der Waals surface area contributed by atoms with E-state index in [4.69, 9.17) is 0 Å². The molecule has 3 nitrogen and oxygen atoms in total. The molecule has 0 aliphatic rings. The van der Waals surface area contributed by atoms with E-state index in [0.717, 1.165) is 10.2 Å². The predicted molar refractivity (Wildman–Crippen MR) is 37.3 cm³/mol. The maximum absolute atomic E-state index is 10.9. The van der Waals surface area contributed by atoms with Crippen molar-refractivity contribution in [2.45, 2.75) is 0 Å². The molecule has 50 valence electrons. The van der Waals surface area contributed by atoms with Crippen molar-refractivity contribution in [3.8, 4) is 0 Å². The topological polar surface area (TPSA) is 42.7 Å². The zero-order valence-electron chi connectivity index (χ0n) is 5.24. The second-order valence-corrected chi connectivity index (χ2v) is 2.11. The third kappa shape index (κ3) is 0.572. The van der Waals surface area contributed by atoms with Gasteiger partial charge in [0.2, 0.25) is 5.52 Å². The van der Waals surface area contributed by atoms with Crippen LogP contribution < -0.4 is 4.73 Å². The standard InChI is InChI=1S/C7H6N2O/c10-9-5-1-2-6-7(9)3-4-8-6/h1-5,8H. The fraction of sp³-hybridized carbons (Fsp3) is 0. The van der Waals surface area contributed by atoms with Gasteiger partial charge < -0.3 is 10.2 Å². The summed E-state index contributed by atoms with van der Waals surface area (Å²) in [7, 11) is 0. The molecule has 10 heavy (non-hydrogen) atoms. The van der Waals surface area contributed by atoms with Crippen molar-refractivity contribution in [2.75, 3.05) is 0 Å². The monoisotopic (exact) mass is 134 g/mol. The Labute approximate surface area is 57.5 Å². The molecular formula is C7H6N2O. The van der Waals surface area contributed by atoms with Gasteiger partial charge in [0.25, 0.3) is 0 Å². The molecule has 2 heterocycles. The minimum absolute atomic E-state index is 0.683. The number of hydrogen-bond donors (Lipinski definition) is 1. The first-order chi connectivity index (χ1) is 4.88. The quantitative estimate of drug-likeness (QED) is 0.420. The van der Waals surface area contributed by atoms with E-state index in [0.29, 0.717) is 5.52 Å². The molecule has 0 saturated carbocycles. The summed E-state index contributed by atoms with van der Waals surface area (Å²) in [4.78, 5) is 2.94. The lowest BCUT2D eigenvalue weighted by atomic mass is 10.4. The highest BCUT2D eigenvalue weighted by molar-refractivity contribution is 5.70. The van der Waals surface area contributed by atoms with Gasteiger partial charge in [-0.25, -0.2) is 0 Å². The number of pyridine rings is 1. The van der Waals surface area contributed by atoms with E-state index in [1.165, 1.54) is 6.20 Å². The molecule has 0 aromatic carbocycles. The summed E-state index contributed by atoms with van der Waals surface area (Å²) in [5.41, 5.74) is 1.56. The average Bonchev–Trinajstić information content (AvgIpc) is 2.36. The predicted octanol–water partition coefficient (Wildman–Crippen LogP) is 0.801. The second-order valence-electron chi connectivity index (χ2n) is 2.11. The SMILES string of the molecule is [O-][n+]1cccc2[nH]ccc21. The largest absolute Gasteiger partial charge is 0.618 e. The first-order valence-corrected chi connectivity index (χ1v) is 3.03. The maximum Gasteiger partial charge on any atom is 0.241 e. The molecule has 2 aromatic heterocycles. The second kappa shape index (κ2) is 1.73.